The Morgan fingerprint density at radius 1 is 1.30 bits per heavy atom. The topological polar surface area (TPSA) is 52.6 Å². The standard InChI is InChI=1S/C16H24O4/c1-14(2,3)19-13(18)16-10-11-6-4-5-8-15(11,20-16)9-7-12(16)17/h11H,4-10H2,1-3H3. The zero-order valence-electron chi connectivity index (χ0n) is 12.7. The molecule has 3 fully saturated rings. The van der Waals surface area contributed by atoms with Gasteiger partial charge in [0.2, 0.25) is 5.60 Å². The van der Waals surface area contributed by atoms with Crippen molar-refractivity contribution in [1.82, 2.24) is 0 Å². The molecule has 112 valence electrons. The Bertz CT molecular complexity index is 450. The highest BCUT2D eigenvalue weighted by Gasteiger charge is 2.66. The van der Waals surface area contributed by atoms with Crippen LogP contribution in [0.5, 0.6) is 0 Å². The van der Waals surface area contributed by atoms with Crippen LogP contribution in [-0.4, -0.2) is 28.6 Å². The first-order chi connectivity index (χ1) is 9.28. The highest BCUT2D eigenvalue weighted by Crippen LogP contribution is 2.56. The van der Waals surface area contributed by atoms with Crippen LogP contribution in [-0.2, 0) is 19.1 Å². The largest absolute Gasteiger partial charge is 0.457 e. The van der Waals surface area contributed by atoms with E-state index < -0.39 is 17.2 Å². The Labute approximate surface area is 120 Å². The van der Waals surface area contributed by atoms with E-state index in [4.69, 9.17) is 9.47 Å². The first-order valence-corrected chi connectivity index (χ1v) is 7.74. The van der Waals surface area contributed by atoms with E-state index in [9.17, 15) is 9.59 Å². The maximum Gasteiger partial charge on any atom is 0.346 e. The van der Waals surface area contributed by atoms with Crippen molar-refractivity contribution in [3.8, 4) is 0 Å². The summed E-state index contributed by atoms with van der Waals surface area (Å²) in [4.78, 5) is 25.0. The van der Waals surface area contributed by atoms with Crippen LogP contribution in [0.4, 0.5) is 0 Å². The van der Waals surface area contributed by atoms with Crippen molar-refractivity contribution in [2.75, 3.05) is 0 Å². The number of esters is 1. The zero-order valence-corrected chi connectivity index (χ0v) is 12.7. The third-order valence-corrected chi connectivity index (χ3v) is 5.01. The van der Waals surface area contributed by atoms with Gasteiger partial charge in [-0.1, -0.05) is 12.8 Å². The van der Waals surface area contributed by atoms with E-state index >= 15 is 0 Å². The molecule has 3 unspecified atom stereocenters. The highest BCUT2D eigenvalue weighted by molar-refractivity contribution is 6.08. The molecule has 4 nitrogen and oxygen atoms in total. The fraction of sp³-hybridized carbons (Fsp3) is 0.875. The average Bonchev–Trinajstić information content (AvgIpc) is 2.64. The van der Waals surface area contributed by atoms with Gasteiger partial charge < -0.3 is 9.47 Å². The number of ketones is 1. The molecule has 0 amide bonds. The van der Waals surface area contributed by atoms with Gasteiger partial charge >= 0.3 is 5.97 Å². The van der Waals surface area contributed by atoms with Gasteiger partial charge in [-0.3, -0.25) is 4.79 Å². The lowest BCUT2D eigenvalue weighted by Crippen LogP contribution is -2.54. The Hall–Kier alpha value is -0.900. The number of fused-ring (bicyclic) bond motifs is 1. The molecule has 0 aromatic carbocycles. The van der Waals surface area contributed by atoms with Crippen molar-refractivity contribution in [3.05, 3.63) is 0 Å². The molecule has 2 saturated heterocycles. The Balaban J connectivity index is 1.91. The van der Waals surface area contributed by atoms with E-state index in [1.54, 1.807) is 0 Å². The second kappa shape index (κ2) is 4.30. The summed E-state index contributed by atoms with van der Waals surface area (Å²) < 4.78 is 11.7. The normalized spacial score (nSPS) is 40.4. The number of carbonyl (C=O) groups is 2. The van der Waals surface area contributed by atoms with Crippen molar-refractivity contribution in [2.45, 2.75) is 82.5 Å². The minimum absolute atomic E-state index is 0.0771. The van der Waals surface area contributed by atoms with Crippen molar-refractivity contribution >= 4 is 11.8 Å². The minimum atomic E-state index is -1.31. The van der Waals surface area contributed by atoms with E-state index in [-0.39, 0.29) is 11.4 Å². The fourth-order valence-electron chi connectivity index (χ4n) is 4.12. The van der Waals surface area contributed by atoms with Crippen LogP contribution >= 0.6 is 0 Å². The molecule has 0 aromatic heterocycles. The molecular formula is C16H24O4. The van der Waals surface area contributed by atoms with Crippen molar-refractivity contribution in [2.24, 2.45) is 5.92 Å². The third-order valence-electron chi connectivity index (χ3n) is 5.01. The van der Waals surface area contributed by atoms with E-state index in [1.807, 2.05) is 20.8 Å². The van der Waals surface area contributed by atoms with Gasteiger partial charge in [0.25, 0.3) is 0 Å². The van der Waals surface area contributed by atoms with Gasteiger partial charge in [0, 0.05) is 12.8 Å². The SMILES string of the molecule is CC(C)(C)OC(=O)C12CC3CCCCC3(CCC1=O)O2. The maximum absolute atomic E-state index is 12.6. The van der Waals surface area contributed by atoms with Gasteiger partial charge in [-0.15, -0.1) is 0 Å². The number of ether oxygens (including phenoxy) is 2. The zero-order chi connectivity index (χ0) is 14.6. The summed E-state index contributed by atoms with van der Waals surface area (Å²) in [7, 11) is 0. The maximum atomic E-state index is 12.6. The van der Waals surface area contributed by atoms with Crippen molar-refractivity contribution < 1.29 is 19.1 Å². The molecule has 2 aliphatic heterocycles. The molecule has 3 atom stereocenters. The highest BCUT2D eigenvalue weighted by atomic mass is 16.6. The molecule has 1 spiro atoms. The van der Waals surface area contributed by atoms with Gasteiger partial charge in [0.1, 0.15) is 5.60 Å². The molecular weight excluding hydrogens is 256 g/mol. The predicted octanol–water partition coefficient (Wildman–Crippen LogP) is 2.78. The minimum Gasteiger partial charge on any atom is -0.457 e. The van der Waals surface area contributed by atoms with Crippen LogP contribution in [0.3, 0.4) is 0 Å². The first kappa shape index (κ1) is 14.1. The Morgan fingerprint density at radius 3 is 2.75 bits per heavy atom. The number of rotatable bonds is 1. The van der Waals surface area contributed by atoms with E-state index in [1.165, 1.54) is 6.42 Å². The summed E-state index contributed by atoms with van der Waals surface area (Å²) in [5.74, 6) is -0.203. The Morgan fingerprint density at radius 2 is 2.05 bits per heavy atom. The molecule has 1 saturated carbocycles. The molecule has 1 aliphatic carbocycles. The van der Waals surface area contributed by atoms with Crippen LogP contribution in [0.1, 0.15) is 65.7 Å². The number of Topliss-reactive ketones (excluding diaryl/α,β-unsaturated/α-hetero) is 1. The average molecular weight is 280 g/mol. The second-order valence-corrected chi connectivity index (χ2v) is 7.57. The molecule has 4 heteroatoms. The number of hydrogen-bond donors (Lipinski definition) is 0. The molecule has 2 bridgehead atoms. The van der Waals surface area contributed by atoms with Crippen LogP contribution in [0, 0.1) is 5.92 Å². The van der Waals surface area contributed by atoms with Crippen LogP contribution in [0.2, 0.25) is 0 Å². The van der Waals surface area contributed by atoms with Crippen LogP contribution in [0.25, 0.3) is 0 Å². The fourth-order valence-corrected chi connectivity index (χ4v) is 4.12. The van der Waals surface area contributed by atoms with Crippen LogP contribution < -0.4 is 0 Å². The van der Waals surface area contributed by atoms with E-state index in [2.05, 4.69) is 0 Å². The van der Waals surface area contributed by atoms with Crippen molar-refractivity contribution in [3.63, 3.8) is 0 Å². The van der Waals surface area contributed by atoms with Crippen molar-refractivity contribution in [1.29, 1.82) is 0 Å². The van der Waals surface area contributed by atoms with Gasteiger partial charge in [0.05, 0.1) is 5.60 Å². The molecule has 3 rings (SSSR count). The van der Waals surface area contributed by atoms with Gasteiger partial charge in [0.15, 0.2) is 5.78 Å². The summed E-state index contributed by atoms with van der Waals surface area (Å²) in [6, 6.07) is 0. The lowest BCUT2D eigenvalue weighted by Gasteiger charge is -2.42. The van der Waals surface area contributed by atoms with Gasteiger partial charge in [-0.25, -0.2) is 4.79 Å². The molecule has 3 aliphatic rings. The first-order valence-electron chi connectivity index (χ1n) is 7.74. The molecule has 0 aromatic rings. The molecule has 0 N–H and O–H groups in total. The van der Waals surface area contributed by atoms with Crippen LogP contribution in [0.15, 0.2) is 0 Å². The molecule has 0 radical (unpaired) electrons. The van der Waals surface area contributed by atoms with E-state index in [0.717, 1.165) is 25.7 Å². The predicted molar refractivity (Wildman–Crippen MR) is 73.2 cm³/mol. The second-order valence-electron chi connectivity index (χ2n) is 7.57. The number of carbonyl (C=O) groups excluding carboxylic acids is 2. The summed E-state index contributed by atoms with van der Waals surface area (Å²) >= 11 is 0. The van der Waals surface area contributed by atoms with E-state index in [0.29, 0.717) is 18.8 Å². The lowest BCUT2D eigenvalue weighted by molar-refractivity contribution is -0.203. The van der Waals surface area contributed by atoms with Gasteiger partial charge in [-0.05, 0) is 46.0 Å². The molecule has 20 heavy (non-hydrogen) atoms. The summed E-state index contributed by atoms with van der Waals surface area (Å²) in [5, 5.41) is 0. The third kappa shape index (κ3) is 2.00. The monoisotopic (exact) mass is 280 g/mol. The molecule has 2 heterocycles. The number of hydrogen-bond acceptors (Lipinski definition) is 4. The smallest absolute Gasteiger partial charge is 0.346 e. The Kier molecular flexibility index (Phi) is 3.02. The quantitative estimate of drug-likeness (QED) is 0.547. The van der Waals surface area contributed by atoms with Gasteiger partial charge in [-0.2, -0.15) is 0 Å². The summed E-state index contributed by atoms with van der Waals surface area (Å²) in [6.45, 7) is 5.48. The lowest BCUT2D eigenvalue weighted by atomic mass is 9.74. The summed E-state index contributed by atoms with van der Waals surface area (Å²) in [6.07, 6.45) is 6.12. The summed E-state index contributed by atoms with van der Waals surface area (Å²) in [5.41, 5.74) is -2.13.